The van der Waals surface area contributed by atoms with Crippen LogP contribution in [0.2, 0.25) is 0 Å². The molecule has 0 radical (unpaired) electrons. The number of sulfonamides is 1. The third-order valence-corrected chi connectivity index (χ3v) is 5.02. The summed E-state index contributed by atoms with van der Waals surface area (Å²) in [6.07, 6.45) is 0. The summed E-state index contributed by atoms with van der Waals surface area (Å²) in [6, 6.07) is 12.0. The predicted molar refractivity (Wildman–Crippen MR) is 106 cm³/mol. The Balaban J connectivity index is 2.02. The van der Waals surface area contributed by atoms with Crippen LogP contribution in [0.5, 0.6) is 5.75 Å². The Hall–Kier alpha value is -3.07. The quantitative estimate of drug-likeness (QED) is 0.588. The van der Waals surface area contributed by atoms with Crippen LogP contribution in [0, 0.1) is 0 Å². The number of rotatable bonds is 9. The van der Waals surface area contributed by atoms with Gasteiger partial charge in [0.15, 0.2) is 0 Å². The Morgan fingerprint density at radius 2 is 1.57 bits per heavy atom. The lowest BCUT2D eigenvalue weighted by atomic mass is 10.2. The van der Waals surface area contributed by atoms with Gasteiger partial charge in [-0.2, -0.15) is 0 Å². The summed E-state index contributed by atoms with van der Waals surface area (Å²) in [4.78, 5) is 23.4. The molecule has 0 aromatic heterocycles. The van der Waals surface area contributed by atoms with E-state index in [1.54, 1.807) is 31.2 Å². The molecule has 0 bridgehead atoms. The van der Waals surface area contributed by atoms with Gasteiger partial charge >= 0.3 is 0 Å². The molecular weight excluding hydrogens is 382 g/mol. The average Bonchev–Trinajstić information content (AvgIpc) is 2.68. The van der Waals surface area contributed by atoms with Crippen molar-refractivity contribution in [3.8, 4) is 5.75 Å². The Labute approximate surface area is 164 Å². The van der Waals surface area contributed by atoms with E-state index in [0.29, 0.717) is 24.6 Å². The molecule has 0 heterocycles. The first kappa shape index (κ1) is 21.2. The number of hydrogen-bond acceptors (Lipinski definition) is 5. The summed E-state index contributed by atoms with van der Waals surface area (Å²) < 4.78 is 32.8. The zero-order chi connectivity index (χ0) is 20.6. The molecule has 0 aliphatic rings. The number of carbonyl (C=O) groups excluding carboxylic acids is 2. The lowest BCUT2D eigenvalue weighted by Crippen LogP contribution is -2.36. The van der Waals surface area contributed by atoms with E-state index in [9.17, 15) is 18.0 Å². The van der Waals surface area contributed by atoms with Gasteiger partial charge in [0, 0.05) is 17.8 Å². The number of amides is 2. The second kappa shape index (κ2) is 9.75. The molecule has 0 aliphatic heterocycles. The second-order valence-corrected chi connectivity index (χ2v) is 7.41. The molecule has 28 heavy (non-hydrogen) atoms. The molecule has 0 fully saturated rings. The molecule has 0 saturated heterocycles. The van der Waals surface area contributed by atoms with Gasteiger partial charge in [-0.15, -0.1) is 0 Å². The fourth-order valence-electron chi connectivity index (χ4n) is 2.31. The number of carbonyl (C=O) groups is 2. The molecule has 0 spiro atoms. The number of anilines is 1. The minimum atomic E-state index is -3.80. The minimum absolute atomic E-state index is 0.0154. The maximum Gasteiger partial charge on any atom is 0.261 e. The monoisotopic (exact) mass is 405 g/mol. The Bertz CT molecular complexity index is 910. The highest BCUT2D eigenvalue weighted by Crippen LogP contribution is 2.20. The van der Waals surface area contributed by atoms with Gasteiger partial charge in [0.25, 0.3) is 15.9 Å². The fourth-order valence-corrected chi connectivity index (χ4v) is 3.37. The maximum atomic E-state index is 12.5. The largest absolute Gasteiger partial charge is 0.494 e. The van der Waals surface area contributed by atoms with Crippen LogP contribution in [-0.2, 0) is 14.8 Å². The van der Waals surface area contributed by atoms with Crippen LogP contribution in [0.15, 0.2) is 53.4 Å². The van der Waals surface area contributed by atoms with Crippen LogP contribution < -0.4 is 20.1 Å². The third-order valence-electron chi connectivity index (χ3n) is 3.63. The standard InChI is InChI=1S/C19H23N3O5S/c1-3-20-18(23)13-21-19(24)14-5-11-17(12-6-14)28(25,26)22-15-7-9-16(10-8-15)27-4-2/h5-12,22H,3-4,13H2,1-2H3,(H,20,23)(H,21,24). The number of ether oxygens (including phenoxy) is 1. The van der Waals surface area contributed by atoms with Crippen LogP contribution in [0.1, 0.15) is 24.2 Å². The first-order valence-corrected chi connectivity index (χ1v) is 10.2. The van der Waals surface area contributed by atoms with E-state index in [1.807, 2.05) is 6.92 Å². The molecule has 0 atom stereocenters. The van der Waals surface area contributed by atoms with Crippen LogP contribution in [0.3, 0.4) is 0 Å². The molecule has 9 heteroatoms. The second-order valence-electron chi connectivity index (χ2n) is 5.72. The first-order valence-electron chi connectivity index (χ1n) is 8.76. The van der Waals surface area contributed by atoms with Crippen molar-refractivity contribution >= 4 is 27.5 Å². The van der Waals surface area contributed by atoms with E-state index in [2.05, 4.69) is 15.4 Å². The number of likely N-dealkylation sites (N-methyl/N-ethyl adjacent to an activating group) is 1. The van der Waals surface area contributed by atoms with Crippen molar-refractivity contribution in [3.05, 3.63) is 54.1 Å². The minimum Gasteiger partial charge on any atom is -0.494 e. The summed E-state index contributed by atoms with van der Waals surface area (Å²) in [5.74, 6) is -0.113. The SMILES string of the molecule is CCNC(=O)CNC(=O)c1ccc(S(=O)(=O)Nc2ccc(OCC)cc2)cc1. The zero-order valence-corrected chi connectivity index (χ0v) is 16.5. The molecule has 0 unspecified atom stereocenters. The molecule has 3 N–H and O–H groups in total. The van der Waals surface area contributed by atoms with Gasteiger partial charge in [-0.3, -0.25) is 14.3 Å². The van der Waals surface area contributed by atoms with Crippen molar-refractivity contribution in [2.24, 2.45) is 0 Å². The highest BCUT2D eigenvalue weighted by atomic mass is 32.2. The number of benzene rings is 2. The van der Waals surface area contributed by atoms with E-state index in [1.165, 1.54) is 24.3 Å². The fraction of sp³-hybridized carbons (Fsp3) is 0.263. The molecule has 8 nitrogen and oxygen atoms in total. The number of nitrogens with one attached hydrogen (secondary N) is 3. The van der Waals surface area contributed by atoms with E-state index in [-0.39, 0.29) is 22.9 Å². The molecule has 2 aromatic carbocycles. The van der Waals surface area contributed by atoms with Crippen molar-refractivity contribution < 1.29 is 22.7 Å². The van der Waals surface area contributed by atoms with Crippen LogP contribution in [0.25, 0.3) is 0 Å². The molecule has 0 aliphatic carbocycles. The Morgan fingerprint density at radius 3 is 2.14 bits per heavy atom. The maximum absolute atomic E-state index is 12.5. The van der Waals surface area contributed by atoms with Crippen molar-refractivity contribution in [3.63, 3.8) is 0 Å². The van der Waals surface area contributed by atoms with E-state index in [0.717, 1.165) is 0 Å². The molecule has 2 aromatic rings. The third kappa shape index (κ3) is 5.98. The summed E-state index contributed by atoms with van der Waals surface area (Å²) >= 11 is 0. The smallest absolute Gasteiger partial charge is 0.261 e. The van der Waals surface area contributed by atoms with Crippen molar-refractivity contribution in [1.29, 1.82) is 0 Å². The summed E-state index contributed by atoms with van der Waals surface area (Å²) in [5, 5.41) is 5.04. The average molecular weight is 405 g/mol. The summed E-state index contributed by atoms with van der Waals surface area (Å²) in [7, 11) is -3.80. The summed E-state index contributed by atoms with van der Waals surface area (Å²) in [5.41, 5.74) is 0.650. The van der Waals surface area contributed by atoms with Gasteiger partial charge in [0.2, 0.25) is 5.91 Å². The van der Waals surface area contributed by atoms with E-state index < -0.39 is 15.9 Å². The lowest BCUT2D eigenvalue weighted by molar-refractivity contribution is -0.120. The first-order chi connectivity index (χ1) is 13.4. The van der Waals surface area contributed by atoms with Crippen LogP contribution >= 0.6 is 0 Å². The van der Waals surface area contributed by atoms with Crippen molar-refractivity contribution in [2.45, 2.75) is 18.7 Å². The van der Waals surface area contributed by atoms with E-state index in [4.69, 9.17) is 4.74 Å². The van der Waals surface area contributed by atoms with Gasteiger partial charge in [0.1, 0.15) is 5.75 Å². The van der Waals surface area contributed by atoms with Gasteiger partial charge in [-0.1, -0.05) is 0 Å². The highest BCUT2D eigenvalue weighted by Gasteiger charge is 2.15. The molecule has 2 amide bonds. The van der Waals surface area contributed by atoms with Crippen molar-refractivity contribution in [1.82, 2.24) is 10.6 Å². The molecule has 150 valence electrons. The molecule has 0 saturated carbocycles. The predicted octanol–water partition coefficient (Wildman–Crippen LogP) is 1.75. The van der Waals surface area contributed by atoms with Gasteiger partial charge in [0.05, 0.1) is 18.0 Å². The molecule has 2 rings (SSSR count). The van der Waals surface area contributed by atoms with Crippen molar-refractivity contribution in [2.75, 3.05) is 24.4 Å². The van der Waals surface area contributed by atoms with Crippen LogP contribution in [0.4, 0.5) is 5.69 Å². The Morgan fingerprint density at radius 1 is 0.929 bits per heavy atom. The van der Waals surface area contributed by atoms with Gasteiger partial charge in [-0.05, 0) is 62.4 Å². The molecular formula is C19H23N3O5S. The number of hydrogen-bond donors (Lipinski definition) is 3. The summed E-state index contributed by atoms with van der Waals surface area (Å²) in [6.45, 7) is 4.49. The highest BCUT2D eigenvalue weighted by molar-refractivity contribution is 7.92. The van der Waals surface area contributed by atoms with Crippen LogP contribution in [-0.4, -0.2) is 39.9 Å². The zero-order valence-electron chi connectivity index (χ0n) is 15.7. The van der Waals surface area contributed by atoms with Gasteiger partial charge < -0.3 is 15.4 Å². The Kier molecular flexibility index (Phi) is 7.39. The lowest BCUT2D eigenvalue weighted by Gasteiger charge is -2.10. The topological polar surface area (TPSA) is 114 Å². The van der Waals surface area contributed by atoms with Gasteiger partial charge in [-0.25, -0.2) is 8.42 Å². The normalized spacial score (nSPS) is 10.8. The van der Waals surface area contributed by atoms with E-state index >= 15 is 0 Å².